The molecular formula is C9H14N2O2. The number of amides is 1. The first-order valence-electron chi connectivity index (χ1n) is 4.33. The van der Waals surface area contributed by atoms with Gasteiger partial charge in [-0.2, -0.15) is 5.26 Å². The van der Waals surface area contributed by atoms with Gasteiger partial charge in [-0.15, -0.1) is 0 Å². The Kier molecular flexibility index (Phi) is 2.46. The molecule has 4 heteroatoms. The highest BCUT2D eigenvalue weighted by molar-refractivity contribution is 5.70. The maximum absolute atomic E-state index is 11.4. The average Bonchev–Trinajstić information content (AvgIpc) is 1.80. The molecule has 0 bridgehead atoms. The van der Waals surface area contributed by atoms with E-state index in [-0.39, 0.29) is 12.1 Å². The number of carbonyl (C=O) groups excluding carboxylic acids is 1. The Labute approximate surface area is 78.1 Å². The lowest BCUT2D eigenvalue weighted by Crippen LogP contribution is -2.51. The van der Waals surface area contributed by atoms with Gasteiger partial charge >= 0.3 is 6.09 Å². The van der Waals surface area contributed by atoms with Crippen LogP contribution < -0.4 is 0 Å². The molecule has 0 aromatic carbocycles. The predicted molar refractivity (Wildman–Crippen MR) is 47.0 cm³/mol. The molecule has 0 saturated carbocycles. The molecule has 1 fully saturated rings. The van der Waals surface area contributed by atoms with Gasteiger partial charge in [-0.25, -0.2) is 4.79 Å². The summed E-state index contributed by atoms with van der Waals surface area (Å²) in [5.41, 5.74) is -0.479. The molecule has 0 spiro atoms. The van der Waals surface area contributed by atoms with Crippen molar-refractivity contribution in [2.45, 2.75) is 38.8 Å². The van der Waals surface area contributed by atoms with E-state index >= 15 is 0 Å². The van der Waals surface area contributed by atoms with Gasteiger partial charge in [-0.1, -0.05) is 0 Å². The largest absolute Gasteiger partial charge is 0.444 e. The van der Waals surface area contributed by atoms with Crippen LogP contribution in [0.25, 0.3) is 0 Å². The first-order chi connectivity index (χ1) is 5.94. The number of ether oxygens (including phenoxy) is 1. The molecule has 0 radical (unpaired) electrons. The van der Waals surface area contributed by atoms with Crippen molar-refractivity contribution < 1.29 is 9.53 Å². The summed E-state index contributed by atoms with van der Waals surface area (Å²) in [7, 11) is 0. The molecule has 0 N–H and O–H groups in total. The highest BCUT2D eigenvalue weighted by Gasteiger charge is 2.34. The Hall–Kier alpha value is -1.24. The molecule has 0 aromatic rings. The number of carbonyl (C=O) groups is 1. The molecule has 1 saturated heterocycles. The number of nitriles is 1. The van der Waals surface area contributed by atoms with Crippen LogP contribution in [0.5, 0.6) is 0 Å². The molecule has 1 aliphatic heterocycles. The van der Waals surface area contributed by atoms with Crippen LogP contribution >= 0.6 is 0 Å². The van der Waals surface area contributed by atoms with Crippen molar-refractivity contribution in [1.82, 2.24) is 4.90 Å². The molecule has 1 unspecified atom stereocenters. The van der Waals surface area contributed by atoms with Gasteiger partial charge in [0.05, 0.1) is 6.07 Å². The number of hydrogen-bond donors (Lipinski definition) is 0. The summed E-state index contributed by atoms with van der Waals surface area (Å²) in [4.78, 5) is 12.8. The second-order valence-corrected chi connectivity index (χ2v) is 4.11. The van der Waals surface area contributed by atoms with E-state index in [2.05, 4.69) is 0 Å². The van der Waals surface area contributed by atoms with Crippen LogP contribution in [0.15, 0.2) is 0 Å². The van der Waals surface area contributed by atoms with E-state index in [1.165, 1.54) is 4.90 Å². The summed E-state index contributed by atoms with van der Waals surface area (Å²) in [6, 6.07) is 1.76. The Morgan fingerprint density at radius 3 is 2.54 bits per heavy atom. The first kappa shape index (κ1) is 9.85. The minimum absolute atomic E-state index is 0.283. The molecule has 1 rings (SSSR count). The zero-order valence-electron chi connectivity index (χ0n) is 8.20. The van der Waals surface area contributed by atoms with E-state index in [1.807, 2.05) is 26.8 Å². The van der Waals surface area contributed by atoms with Crippen LogP contribution in [-0.2, 0) is 4.74 Å². The summed E-state index contributed by atoms with van der Waals surface area (Å²) in [6.45, 7) is 6.07. The lowest BCUT2D eigenvalue weighted by atomic mass is 10.1. The monoisotopic (exact) mass is 182 g/mol. The lowest BCUT2D eigenvalue weighted by molar-refractivity contribution is 0.00388. The third kappa shape index (κ3) is 2.35. The smallest absolute Gasteiger partial charge is 0.411 e. The van der Waals surface area contributed by atoms with Crippen molar-refractivity contribution in [1.29, 1.82) is 5.26 Å². The van der Waals surface area contributed by atoms with Crippen LogP contribution in [0, 0.1) is 11.3 Å². The summed E-state index contributed by atoms with van der Waals surface area (Å²) in [6.07, 6.45) is 0.376. The molecule has 1 atom stereocenters. The van der Waals surface area contributed by atoms with Gasteiger partial charge < -0.3 is 4.74 Å². The topological polar surface area (TPSA) is 53.3 Å². The van der Waals surface area contributed by atoms with E-state index in [0.717, 1.165) is 6.42 Å². The fraction of sp³-hybridized carbons (Fsp3) is 0.778. The molecule has 0 aliphatic carbocycles. The van der Waals surface area contributed by atoms with Gasteiger partial charge in [0.2, 0.25) is 0 Å². The quantitative estimate of drug-likeness (QED) is 0.570. The standard InChI is InChI=1S/C9H14N2O2/c1-9(2,3)13-8(12)11-5-4-7(11)6-10/h7H,4-5H2,1-3H3. The molecule has 13 heavy (non-hydrogen) atoms. The van der Waals surface area contributed by atoms with Gasteiger partial charge in [0.15, 0.2) is 0 Å². The first-order valence-corrected chi connectivity index (χ1v) is 4.33. The van der Waals surface area contributed by atoms with Gasteiger partial charge in [0.25, 0.3) is 0 Å². The van der Waals surface area contributed by atoms with Gasteiger partial charge in [-0.05, 0) is 27.2 Å². The zero-order valence-corrected chi connectivity index (χ0v) is 8.20. The van der Waals surface area contributed by atoms with Crippen LogP contribution in [0.4, 0.5) is 4.79 Å². The van der Waals surface area contributed by atoms with Crippen LogP contribution in [0.2, 0.25) is 0 Å². The van der Waals surface area contributed by atoms with Crippen LogP contribution in [-0.4, -0.2) is 29.2 Å². The SMILES string of the molecule is CC(C)(C)OC(=O)N1CCC1C#N. The van der Waals surface area contributed by atoms with Gasteiger partial charge in [0.1, 0.15) is 11.6 Å². The number of hydrogen-bond acceptors (Lipinski definition) is 3. The number of rotatable bonds is 0. The number of nitrogens with zero attached hydrogens (tertiary/aromatic N) is 2. The predicted octanol–water partition coefficient (Wildman–Crippen LogP) is 1.52. The third-order valence-electron chi connectivity index (χ3n) is 1.80. The summed E-state index contributed by atoms with van der Waals surface area (Å²) < 4.78 is 5.11. The minimum atomic E-state index is -0.479. The van der Waals surface area contributed by atoms with Crippen molar-refractivity contribution in [3.8, 4) is 6.07 Å². The van der Waals surface area contributed by atoms with Crippen molar-refractivity contribution >= 4 is 6.09 Å². The summed E-state index contributed by atoms with van der Waals surface area (Å²) in [5.74, 6) is 0. The maximum Gasteiger partial charge on any atom is 0.411 e. The molecule has 4 nitrogen and oxygen atoms in total. The molecule has 1 amide bonds. The van der Waals surface area contributed by atoms with Gasteiger partial charge in [-0.3, -0.25) is 4.90 Å². The van der Waals surface area contributed by atoms with E-state index < -0.39 is 5.60 Å². The highest BCUT2D eigenvalue weighted by atomic mass is 16.6. The Balaban J connectivity index is 2.46. The summed E-state index contributed by atoms with van der Waals surface area (Å²) >= 11 is 0. The molecule has 1 heterocycles. The van der Waals surface area contributed by atoms with Crippen LogP contribution in [0.3, 0.4) is 0 Å². The fourth-order valence-corrected chi connectivity index (χ4v) is 1.06. The van der Waals surface area contributed by atoms with E-state index in [1.54, 1.807) is 0 Å². The minimum Gasteiger partial charge on any atom is -0.444 e. The van der Waals surface area contributed by atoms with E-state index in [0.29, 0.717) is 6.54 Å². The maximum atomic E-state index is 11.4. The second kappa shape index (κ2) is 3.25. The Bertz CT molecular complexity index is 249. The number of likely N-dealkylation sites (tertiary alicyclic amines) is 1. The van der Waals surface area contributed by atoms with Gasteiger partial charge in [0, 0.05) is 6.54 Å². The van der Waals surface area contributed by atoms with Crippen molar-refractivity contribution in [3.63, 3.8) is 0 Å². The second-order valence-electron chi connectivity index (χ2n) is 4.11. The fourth-order valence-electron chi connectivity index (χ4n) is 1.06. The van der Waals surface area contributed by atoms with Crippen molar-refractivity contribution in [3.05, 3.63) is 0 Å². The molecule has 0 aromatic heterocycles. The Morgan fingerprint density at radius 1 is 1.62 bits per heavy atom. The van der Waals surface area contributed by atoms with Crippen molar-refractivity contribution in [2.24, 2.45) is 0 Å². The molecule has 1 aliphatic rings. The molecular weight excluding hydrogens is 168 g/mol. The van der Waals surface area contributed by atoms with E-state index in [4.69, 9.17) is 10.00 Å². The highest BCUT2D eigenvalue weighted by Crippen LogP contribution is 2.20. The van der Waals surface area contributed by atoms with Crippen LogP contribution in [0.1, 0.15) is 27.2 Å². The third-order valence-corrected chi connectivity index (χ3v) is 1.80. The average molecular weight is 182 g/mol. The normalized spacial score (nSPS) is 21.7. The van der Waals surface area contributed by atoms with Crippen molar-refractivity contribution in [2.75, 3.05) is 6.54 Å². The lowest BCUT2D eigenvalue weighted by Gasteiger charge is -2.37. The summed E-state index contributed by atoms with van der Waals surface area (Å²) in [5, 5.41) is 8.60. The van der Waals surface area contributed by atoms with E-state index in [9.17, 15) is 4.79 Å². The molecule has 72 valence electrons. The zero-order chi connectivity index (χ0) is 10.1. The Morgan fingerprint density at radius 2 is 2.23 bits per heavy atom.